The van der Waals surface area contributed by atoms with Crippen molar-refractivity contribution in [2.24, 2.45) is 0 Å². The number of hydrogen-bond acceptors (Lipinski definition) is 14. The van der Waals surface area contributed by atoms with Gasteiger partial charge in [-0.1, -0.05) is 0 Å². The Morgan fingerprint density at radius 1 is 0.500 bits per heavy atom. The Morgan fingerprint density at radius 3 is 1.06 bits per heavy atom. The SMILES string of the molecule is O=C(CCCCC(=O)OCC(O)C(O)C(O)[C@H](O)COC(=O)CCCCC(=O)OCCO)OCCO. The number of aliphatic hydroxyl groups excluding tert-OH is 6. The fraction of sp³-hybridized carbons (Fsp3) is 0.818. The van der Waals surface area contributed by atoms with Gasteiger partial charge in [0.25, 0.3) is 0 Å². The molecule has 4 atom stereocenters. The fourth-order valence-corrected chi connectivity index (χ4v) is 2.69. The third-order valence-corrected chi connectivity index (χ3v) is 4.70. The average molecular weight is 527 g/mol. The summed E-state index contributed by atoms with van der Waals surface area (Å²) in [6.45, 7) is -2.09. The maximum atomic E-state index is 11.7. The van der Waals surface area contributed by atoms with E-state index < -0.39 is 61.5 Å². The Morgan fingerprint density at radius 2 is 0.778 bits per heavy atom. The molecule has 0 saturated carbocycles. The zero-order chi connectivity index (χ0) is 27.3. The van der Waals surface area contributed by atoms with E-state index in [0.29, 0.717) is 25.7 Å². The zero-order valence-corrected chi connectivity index (χ0v) is 20.2. The van der Waals surface area contributed by atoms with Gasteiger partial charge in [-0.3, -0.25) is 19.2 Å². The van der Waals surface area contributed by atoms with Crippen LogP contribution in [0.4, 0.5) is 0 Å². The molecule has 0 aliphatic heterocycles. The van der Waals surface area contributed by atoms with E-state index in [0.717, 1.165) is 0 Å². The molecule has 0 radical (unpaired) electrons. The quantitative estimate of drug-likeness (QED) is 0.0526. The third-order valence-electron chi connectivity index (χ3n) is 4.70. The van der Waals surface area contributed by atoms with Crippen LogP contribution in [0, 0.1) is 0 Å². The number of ether oxygens (including phenoxy) is 4. The highest BCUT2D eigenvalue weighted by Gasteiger charge is 2.31. The van der Waals surface area contributed by atoms with Crippen molar-refractivity contribution in [3.63, 3.8) is 0 Å². The summed E-state index contributed by atoms with van der Waals surface area (Å²) < 4.78 is 18.9. The molecule has 210 valence electrons. The number of unbranched alkanes of at least 4 members (excludes halogenated alkanes) is 2. The van der Waals surface area contributed by atoms with Crippen molar-refractivity contribution in [2.75, 3.05) is 39.6 Å². The van der Waals surface area contributed by atoms with Crippen LogP contribution in [-0.2, 0) is 38.1 Å². The van der Waals surface area contributed by atoms with Crippen LogP contribution >= 0.6 is 0 Å². The summed E-state index contributed by atoms with van der Waals surface area (Å²) >= 11 is 0. The molecule has 0 bridgehead atoms. The molecule has 0 aromatic rings. The second kappa shape index (κ2) is 20.8. The van der Waals surface area contributed by atoms with Gasteiger partial charge in [0, 0.05) is 25.7 Å². The van der Waals surface area contributed by atoms with Gasteiger partial charge in [-0.05, 0) is 25.7 Å². The van der Waals surface area contributed by atoms with Crippen LogP contribution in [-0.4, -0.2) is 119 Å². The number of carbonyl (C=O) groups excluding carboxylic acids is 4. The smallest absolute Gasteiger partial charge is 0.305 e. The molecule has 0 spiro atoms. The number of carbonyl (C=O) groups is 4. The zero-order valence-electron chi connectivity index (χ0n) is 20.2. The first-order valence-corrected chi connectivity index (χ1v) is 11.7. The average Bonchev–Trinajstić information content (AvgIpc) is 2.87. The first kappa shape index (κ1) is 33.6. The predicted molar refractivity (Wildman–Crippen MR) is 119 cm³/mol. The summed E-state index contributed by atoms with van der Waals surface area (Å²) in [5.41, 5.74) is 0. The van der Waals surface area contributed by atoms with Gasteiger partial charge < -0.3 is 49.6 Å². The van der Waals surface area contributed by atoms with Crippen LogP contribution in [0.2, 0.25) is 0 Å². The van der Waals surface area contributed by atoms with Crippen LogP contribution in [0.25, 0.3) is 0 Å². The largest absolute Gasteiger partial charge is 0.463 e. The minimum Gasteiger partial charge on any atom is -0.463 e. The maximum Gasteiger partial charge on any atom is 0.305 e. The van der Waals surface area contributed by atoms with Gasteiger partial charge in [0.15, 0.2) is 0 Å². The van der Waals surface area contributed by atoms with E-state index >= 15 is 0 Å². The van der Waals surface area contributed by atoms with Crippen molar-refractivity contribution in [1.82, 2.24) is 0 Å². The van der Waals surface area contributed by atoms with Gasteiger partial charge in [-0.15, -0.1) is 0 Å². The summed E-state index contributed by atoms with van der Waals surface area (Å²) in [6.07, 6.45) is -6.01. The predicted octanol–water partition coefficient (Wildman–Crippen LogP) is -2.29. The Bertz CT molecular complexity index is 586. The normalized spacial score (nSPS) is 14.3. The summed E-state index contributed by atoms with van der Waals surface area (Å²) in [4.78, 5) is 45.9. The molecule has 0 aliphatic carbocycles. The molecular weight excluding hydrogens is 488 g/mol. The van der Waals surface area contributed by atoms with Gasteiger partial charge in [0.05, 0.1) is 13.2 Å². The van der Waals surface area contributed by atoms with Crippen molar-refractivity contribution in [3.05, 3.63) is 0 Å². The lowest BCUT2D eigenvalue weighted by Crippen LogP contribution is -2.48. The first-order chi connectivity index (χ1) is 17.1. The molecular formula is C22H38O14. The lowest BCUT2D eigenvalue weighted by molar-refractivity contribution is -0.162. The Kier molecular flexibility index (Phi) is 19.4. The summed E-state index contributed by atoms with van der Waals surface area (Å²) in [6, 6.07) is 0. The molecule has 6 N–H and O–H groups in total. The molecule has 14 nitrogen and oxygen atoms in total. The molecule has 0 saturated heterocycles. The minimum absolute atomic E-state index is 0.0589. The highest BCUT2D eigenvalue weighted by Crippen LogP contribution is 2.09. The molecule has 0 fully saturated rings. The van der Waals surface area contributed by atoms with E-state index in [2.05, 4.69) is 9.47 Å². The lowest BCUT2D eigenvalue weighted by atomic mass is 10.0. The lowest BCUT2D eigenvalue weighted by Gasteiger charge is -2.26. The van der Waals surface area contributed by atoms with Gasteiger partial charge in [0.1, 0.15) is 50.8 Å². The Hall–Kier alpha value is -2.36. The van der Waals surface area contributed by atoms with E-state index in [9.17, 15) is 39.6 Å². The second-order valence-electron chi connectivity index (χ2n) is 7.78. The minimum atomic E-state index is -1.90. The van der Waals surface area contributed by atoms with Crippen molar-refractivity contribution >= 4 is 23.9 Å². The second-order valence-corrected chi connectivity index (χ2v) is 7.78. The van der Waals surface area contributed by atoms with Crippen molar-refractivity contribution in [2.45, 2.75) is 75.8 Å². The maximum absolute atomic E-state index is 11.7. The van der Waals surface area contributed by atoms with Crippen LogP contribution in [0.1, 0.15) is 51.4 Å². The topological polar surface area (TPSA) is 227 Å². The van der Waals surface area contributed by atoms with Gasteiger partial charge in [-0.2, -0.15) is 0 Å². The van der Waals surface area contributed by atoms with Gasteiger partial charge in [-0.25, -0.2) is 0 Å². The highest BCUT2D eigenvalue weighted by molar-refractivity contribution is 5.71. The number of aliphatic hydroxyl groups is 6. The van der Waals surface area contributed by atoms with E-state index in [1.165, 1.54) is 0 Å². The monoisotopic (exact) mass is 526 g/mol. The van der Waals surface area contributed by atoms with Crippen LogP contribution < -0.4 is 0 Å². The molecule has 14 heteroatoms. The van der Waals surface area contributed by atoms with Crippen molar-refractivity contribution < 1.29 is 68.8 Å². The van der Waals surface area contributed by atoms with E-state index in [4.69, 9.17) is 19.7 Å². The van der Waals surface area contributed by atoms with Crippen LogP contribution in [0.3, 0.4) is 0 Å². The number of esters is 4. The molecule has 0 rings (SSSR count). The van der Waals surface area contributed by atoms with Gasteiger partial charge in [0.2, 0.25) is 0 Å². The Balaban J connectivity index is 4.06. The van der Waals surface area contributed by atoms with Crippen LogP contribution in [0.5, 0.6) is 0 Å². The summed E-state index contributed by atoms with van der Waals surface area (Å²) in [5, 5.41) is 56.8. The standard InChI is InChI=1S/C22H38O14/c23-9-11-33-17(27)5-1-3-7-19(29)35-13-15(25)21(31)22(32)16(26)14-36-20(30)8-4-2-6-18(28)34-12-10-24/h15-16,21-26,31-32H,1-14H2/t15-,16?,21?,22?/m1/s1. The van der Waals surface area contributed by atoms with Crippen LogP contribution in [0.15, 0.2) is 0 Å². The number of rotatable bonds is 21. The first-order valence-electron chi connectivity index (χ1n) is 11.7. The van der Waals surface area contributed by atoms with E-state index in [1.807, 2.05) is 0 Å². The van der Waals surface area contributed by atoms with Crippen molar-refractivity contribution in [1.29, 1.82) is 0 Å². The number of hydrogen-bond donors (Lipinski definition) is 6. The molecule has 0 aliphatic rings. The summed E-state index contributed by atoms with van der Waals surface area (Å²) in [5.74, 6) is -2.44. The molecule has 3 unspecified atom stereocenters. The van der Waals surface area contributed by atoms with Gasteiger partial charge >= 0.3 is 23.9 Å². The molecule has 36 heavy (non-hydrogen) atoms. The Labute approximate surface area is 208 Å². The molecule has 0 aromatic heterocycles. The molecule has 0 aromatic carbocycles. The molecule has 0 heterocycles. The summed E-state index contributed by atoms with van der Waals surface area (Å²) in [7, 11) is 0. The van der Waals surface area contributed by atoms with Crippen molar-refractivity contribution in [3.8, 4) is 0 Å². The molecule has 0 amide bonds. The van der Waals surface area contributed by atoms with E-state index in [-0.39, 0.29) is 52.1 Å². The highest BCUT2D eigenvalue weighted by atomic mass is 16.6. The van der Waals surface area contributed by atoms with E-state index in [1.54, 1.807) is 0 Å². The fourth-order valence-electron chi connectivity index (χ4n) is 2.69. The third kappa shape index (κ3) is 17.1.